The van der Waals surface area contributed by atoms with Gasteiger partial charge < -0.3 is 20.3 Å². The van der Waals surface area contributed by atoms with Crippen molar-refractivity contribution in [3.63, 3.8) is 0 Å². The molecule has 1 heterocycles. The third-order valence-electron chi connectivity index (χ3n) is 3.60. The Morgan fingerprint density at radius 2 is 2.11 bits per heavy atom. The summed E-state index contributed by atoms with van der Waals surface area (Å²) in [7, 11) is 1.06. The molecule has 3 N–H and O–H groups in total. The van der Waals surface area contributed by atoms with Gasteiger partial charge in [-0.05, 0) is 19.1 Å². The van der Waals surface area contributed by atoms with Crippen molar-refractivity contribution >= 4 is 39.5 Å². The van der Waals surface area contributed by atoms with Gasteiger partial charge >= 0.3 is 17.8 Å². The van der Waals surface area contributed by atoms with Crippen molar-refractivity contribution < 1.29 is 29.0 Å². The van der Waals surface area contributed by atoms with E-state index in [2.05, 4.69) is 11.6 Å². The fraction of sp³-hybridized carbons (Fsp3) is 0.294. The van der Waals surface area contributed by atoms with Crippen LogP contribution in [0.3, 0.4) is 0 Å². The maximum atomic E-state index is 12.7. The molecule has 0 bridgehead atoms. The summed E-state index contributed by atoms with van der Waals surface area (Å²) in [6.07, 6.45) is 0.0417. The molecule has 2 rings (SSSR count). The maximum Gasteiger partial charge on any atom is 0.420 e. The van der Waals surface area contributed by atoms with Crippen molar-refractivity contribution in [3.8, 4) is 0 Å². The third-order valence-corrected chi connectivity index (χ3v) is 4.73. The van der Waals surface area contributed by atoms with E-state index >= 15 is 0 Å². The molecule has 0 aliphatic carbocycles. The molecule has 0 aliphatic heterocycles. The number of methoxy groups -OCH3 is 1. The molecule has 144 valence electrons. The first kappa shape index (κ1) is 20.5. The lowest BCUT2D eigenvalue weighted by Crippen LogP contribution is -2.61. The molecule has 1 aromatic heterocycles. The summed E-state index contributed by atoms with van der Waals surface area (Å²) in [5, 5.41) is 9.83. The summed E-state index contributed by atoms with van der Waals surface area (Å²) in [6.45, 7) is 4.49. The monoisotopic (exact) mass is 393 g/mol. The van der Waals surface area contributed by atoms with Gasteiger partial charge in [0.2, 0.25) is 0 Å². The number of amides is 2. The first-order valence-corrected chi connectivity index (χ1v) is 8.63. The van der Waals surface area contributed by atoms with Gasteiger partial charge in [-0.2, -0.15) is 4.90 Å². The molecule has 2 amide bonds. The van der Waals surface area contributed by atoms with Crippen LogP contribution in [0.2, 0.25) is 0 Å². The van der Waals surface area contributed by atoms with Crippen molar-refractivity contribution in [2.75, 3.05) is 13.7 Å². The lowest BCUT2D eigenvalue weighted by atomic mass is 10.1. The molecule has 1 aromatic carbocycles. The second-order valence-corrected chi connectivity index (χ2v) is 6.50. The lowest BCUT2D eigenvalue weighted by molar-refractivity contribution is -0.194. The highest BCUT2D eigenvalue weighted by molar-refractivity contribution is 7.18. The number of rotatable bonds is 7. The van der Waals surface area contributed by atoms with E-state index in [-0.39, 0.29) is 11.6 Å². The Bertz CT molecular complexity index is 847. The molecular formula is C17H19N3O6S. The fourth-order valence-electron chi connectivity index (χ4n) is 2.34. The van der Waals surface area contributed by atoms with Gasteiger partial charge in [0, 0.05) is 7.11 Å². The fourth-order valence-corrected chi connectivity index (χ4v) is 3.46. The Balaban J connectivity index is 2.71. The van der Waals surface area contributed by atoms with E-state index in [0.717, 1.165) is 18.4 Å². The molecule has 0 spiro atoms. The number of para-hydroxylation sites is 1. The van der Waals surface area contributed by atoms with Crippen molar-refractivity contribution in [2.24, 2.45) is 5.73 Å². The zero-order valence-electron chi connectivity index (χ0n) is 14.7. The predicted octanol–water partition coefficient (Wildman–Crippen LogP) is 1.68. The van der Waals surface area contributed by atoms with E-state index in [1.54, 1.807) is 24.3 Å². The number of thiazole rings is 1. The number of carboxylic acid groups (broad SMARTS) is 1. The van der Waals surface area contributed by atoms with Crippen LogP contribution in [0.1, 0.15) is 11.9 Å². The van der Waals surface area contributed by atoms with Gasteiger partial charge in [-0.15, -0.1) is 11.3 Å². The summed E-state index contributed by atoms with van der Waals surface area (Å²) in [5.41, 5.74) is 3.58. The summed E-state index contributed by atoms with van der Waals surface area (Å²) < 4.78 is 10.8. The number of benzene rings is 1. The van der Waals surface area contributed by atoms with Gasteiger partial charge in [-0.1, -0.05) is 24.8 Å². The zero-order valence-corrected chi connectivity index (χ0v) is 15.6. The van der Waals surface area contributed by atoms with E-state index in [1.165, 1.54) is 13.0 Å². The third kappa shape index (κ3) is 3.68. The Labute approximate surface area is 159 Å². The molecule has 2 atom stereocenters. The summed E-state index contributed by atoms with van der Waals surface area (Å²) in [4.78, 5) is 42.1. The van der Waals surface area contributed by atoms with E-state index in [1.807, 2.05) is 0 Å². The highest BCUT2D eigenvalue weighted by Crippen LogP contribution is 2.36. The van der Waals surface area contributed by atoms with Gasteiger partial charge in [0.1, 0.15) is 6.61 Å². The van der Waals surface area contributed by atoms with Gasteiger partial charge in [-0.3, -0.25) is 4.79 Å². The normalized spacial score (nSPS) is 14.2. The van der Waals surface area contributed by atoms with E-state index < -0.39 is 29.7 Å². The number of carboxylic acids is 1. The van der Waals surface area contributed by atoms with Crippen molar-refractivity contribution in [1.82, 2.24) is 9.88 Å². The molecule has 0 aliphatic rings. The Kier molecular flexibility index (Phi) is 6.26. The summed E-state index contributed by atoms with van der Waals surface area (Å²) >= 11 is 0.976. The van der Waals surface area contributed by atoms with Gasteiger partial charge in [0.05, 0.1) is 16.3 Å². The molecule has 9 nitrogen and oxygen atoms in total. The molecule has 0 fully saturated rings. The van der Waals surface area contributed by atoms with Crippen molar-refractivity contribution in [2.45, 2.75) is 18.7 Å². The van der Waals surface area contributed by atoms with E-state index in [9.17, 15) is 19.5 Å². The largest absolute Gasteiger partial charge is 0.477 e. The van der Waals surface area contributed by atoms with E-state index in [4.69, 9.17) is 15.2 Å². The van der Waals surface area contributed by atoms with Crippen LogP contribution in [0.5, 0.6) is 0 Å². The number of aliphatic carboxylic acids is 1. The van der Waals surface area contributed by atoms with Crippen molar-refractivity contribution in [3.05, 3.63) is 41.9 Å². The number of imide groups is 1. The smallest absolute Gasteiger partial charge is 0.420 e. The van der Waals surface area contributed by atoms with Crippen molar-refractivity contribution in [1.29, 1.82) is 0 Å². The minimum atomic E-state index is -2.54. The molecule has 2 aromatic rings. The summed E-state index contributed by atoms with van der Waals surface area (Å²) in [5.74, 6) is -2.61. The second kappa shape index (κ2) is 8.25. The quantitative estimate of drug-likeness (QED) is 0.536. The lowest BCUT2D eigenvalue weighted by Gasteiger charge is -2.35. The molecular weight excluding hydrogens is 374 g/mol. The highest BCUT2D eigenvalue weighted by atomic mass is 32.1. The number of ether oxygens (including phenoxy) is 2. The number of carbonyl (C=O) groups is 3. The number of hydrogen-bond donors (Lipinski definition) is 2. The van der Waals surface area contributed by atoms with E-state index in [0.29, 0.717) is 15.1 Å². The van der Waals surface area contributed by atoms with Crippen LogP contribution in [-0.2, 0) is 24.8 Å². The predicted molar refractivity (Wildman–Crippen MR) is 98.0 cm³/mol. The highest BCUT2D eigenvalue weighted by Gasteiger charge is 2.56. The Morgan fingerprint density at radius 3 is 2.63 bits per heavy atom. The molecule has 27 heavy (non-hydrogen) atoms. The summed E-state index contributed by atoms with van der Waals surface area (Å²) in [6, 6.07) is 5.69. The zero-order chi connectivity index (χ0) is 20.2. The second-order valence-electron chi connectivity index (χ2n) is 5.47. The standard InChI is InChI=1S/C17H19N3O6S/c1-4-9-26-16(24)20(13(21)10(2)18)17(25-3,15(22)23)14-19-11-7-5-6-8-12(11)27-14/h4-8,10H,1,9,18H2,2-3H3,(H,22,23)/t10-,17?/m0/s1. The number of nitrogens with zero attached hydrogens (tertiary/aromatic N) is 2. The average Bonchev–Trinajstić information content (AvgIpc) is 3.07. The average molecular weight is 393 g/mol. The van der Waals surface area contributed by atoms with Crippen LogP contribution in [0, 0.1) is 0 Å². The van der Waals surface area contributed by atoms with Crippen LogP contribution < -0.4 is 5.73 Å². The number of nitrogens with two attached hydrogens (primary N) is 1. The molecule has 0 saturated heterocycles. The van der Waals surface area contributed by atoms with Crippen LogP contribution in [0.25, 0.3) is 10.2 Å². The molecule has 0 radical (unpaired) electrons. The minimum Gasteiger partial charge on any atom is -0.477 e. The molecule has 1 unspecified atom stereocenters. The van der Waals surface area contributed by atoms with Crippen LogP contribution in [-0.4, -0.2) is 52.7 Å². The topological polar surface area (TPSA) is 132 Å². The number of hydrogen-bond acceptors (Lipinski definition) is 8. The SMILES string of the molecule is C=CCOC(=O)N(C(=O)[C@H](C)N)C(OC)(C(=O)O)c1nc2ccccc2s1. The van der Waals surface area contributed by atoms with Crippen LogP contribution in [0.15, 0.2) is 36.9 Å². The first-order chi connectivity index (χ1) is 12.8. The van der Waals surface area contributed by atoms with Gasteiger partial charge in [0.15, 0.2) is 5.01 Å². The maximum absolute atomic E-state index is 12.7. The Morgan fingerprint density at radius 1 is 1.44 bits per heavy atom. The van der Waals surface area contributed by atoms with Crippen LogP contribution >= 0.6 is 11.3 Å². The minimum absolute atomic E-state index is 0.122. The molecule has 0 saturated carbocycles. The van der Waals surface area contributed by atoms with Crippen LogP contribution in [0.4, 0.5) is 4.79 Å². The van der Waals surface area contributed by atoms with Gasteiger partial charge in [0.25, 0.3) is 5.91 Å². The van der Waals surface area contributed by atoms with Gasteiger partial charge in [-0.25, -0.2) is 14.6 Å². The number of aromatic nitrogens is 1. The number of carbonyl (C=O) groups excluding carboxylic acids is 2. The molecule has 10 heteroatoms. The first-order valence-electron chi connectivity index (χ1n) is 7.81. The Hall–Kier alpha value is -2.82. The number of fused-ring (bicyclic) bond motifs is 1.